The number of nitrogens with two attached hydrogens (primary N) is 1. The van der Waals surface area contributed by atoms with E-state index in [4.69, 9.17) is 5.73 Å². The monoisotopic (exact) mass is 238 g/mol. The van der Waals surface area contributed by atoms with Gasteiger partial charge >= 0.3 is 0 Å². The van der Waals surface area contributed by atoms with Crippen molar-refractivity contribution in [2.75, 3.05) is 13.1 Å². The summed E-state index contributed by atoms with van der Waals surface area (Å²) in [6, 6.07) is 1.01. The zero-order valence-electron chi connectivity index (χ0n) is 11.5. The Kier molecular flexibility index (Phi) is 5.30. The smallest absolute Gasteiger partial charge is 0.0244 e. The third-order valence-electron chi connectivity index (χ3n) is 4.74. The molecule has 1 saturated carbocycles. The number of rotatable bonds is 3. The van der Waals surface area contributed by atoms with Crippen LogP contribution in [0.4, 0.5) is 0 Å². The van der Waals surface area contributed by atoms with E-state index in [9.17, 15) is 0 Å². The molecule has 2 unspecified atom stereocenters. The van der Waals surface area contributed by atoms with Gasteiger partial charge in [0.15, 0.2) is 0 Å². The van der Waals surface area contributed by atoms with Gasteiger partial charge in [0.05, 0.1) is 0 Å². The van der Waals surface area contributed by atoms with Crippen molar-refractivity contribution in [1.82, 2.24) is 4.90 Å². The lowest BCUT2D eigenvalue weighted by atomic mass is 9.93. The SMILES string of the molecule is CC(N)C1CCCCN1CC1CCCCCC1. The molecule has 0 bridgehead atoms. The summed E-state index contributed by atoms with van der Waals surface area (Å²) in [6.07, 6.45) is 12.9. The van der Waals surface area contributed by atoms with E-state index >= 15 is 0 Å². The topological polar surface area (TPSA) is 29.3 Å². The fourth-order valence-electron chi connectivity index (χ4n) is 3.72. The molecule has 0 aromatic heterocycles. The molecule has 100 valence electrons. The number of piperidine rings is 1. The van der Waals surface area contributed by atoms with Crippen LogP contribution in [0.15, 0.2) is 0 Å². The minimum absolute atomic E-state index is 0.348. The maximum Gasteiger partial charge on any atom is 0.0244 e. The Labute approximate surface area is 107 Å². The van der Waals surface area contributed by atoms with Crippen LogP contribution in [0.25, 0.3) is 0 Å². The molecule has 0 amide bonds. The maximum atomic E-state index is 6.15. The van der Waals surface area contributed by atoms with Gasteiger partial charge in [-0.3, -0.25) is 4.90 Å². The molecule has 1 heterocycles. The van der Waals surface area contributed by atoms with Crippen LogP contribution in [0.5, 0.6) is 0 Å². The second kappa shape index (κ2) is 6.75. The summed E-state index contributed by atoms with van der Waals surface area (Å²) in [6.45, 7) is 4.81. The minimum Gasteiger partial charge on any atom is -0.327 e. The largest absolute Gasteiger partial charge is 0.327 e. The summed E-state index contributed by atoms with van der Waals surface area (Å²) in [7, 11) is 0. The lowest BCUT2D eigenvalue weighted by Gasteiger charge is -2.40. The van der Waals surface area contributed by atoms with Gasteiger partial charge in [0.25, 0.3) is 0 Å². The highest BCUT2D eigenvalue weighted by atomic mass is 15.2. The van der Waals surface area contributed by atoms with E-state index < -0.39 is 0 Å². The van der Waals surface area contributed by atoms with E-state index in [1.807, 2.05) is 0 Å². The van der Waals surface area contributed by atoms with Gasteiger partial charge in [0.1, 0.15) is 0 Å². The molecule has 2 heteroatoms. The molecule has 2 rings (SSSR count). The third kappa shape index (κ3) is 3.96. The van der Waals surface area contributed by atoms with E-state index in [0.717, 1.165) is 5.92 Å². The maximum absolute atomic E-state index is 6.15. The van der Waals surface area contributed by atoms with Gasteiger partial charge in [0, 0.05) is 18.6 Å². The van der Waals surface area contributed by atoms with Crippen molar-refractivity contribution in [3.8, 4) is 0 Å². The molecule has 2 aliphatic rings. The molecule has 0 radical (unpaired) electrons. The average Bonchev–Trinajstić information content (AvgIpc) is 2.58. The Balaban J connectivity index is 1.85. The van der Waals surface area contributed by atoms with E-state index in [0.29, 0.717) is 12.1 Å². The highest BCUT2D eigenvalue weighted by Crippen LogP contribution is 2.27. The van der Waals surface area contributed by atoms with Crippen molar-refractivity contribution in [1.29, 1.82) is 0 Å². The predicted octanol–water partition coefficient (Wildman–Crippen LogP) is 3.16. The zero-order valence-corrected chi connectivity index (χ0v) is 11.5. The molecule has 2 N–H and O–H groups in total. The summed E-state index contributed by atoms with van der Waals surface area (Å²) < 4.78 is 0. The van der Waals surface area contributed by atoms with Crippen LogP contribution in [0.1, 0.15) is 64.7 Å². The van der Waals surface area contributed by atoms with Crippen LogP contribution in [0.3, 0.4) is 0 Å². The van der Waals surface area contributed by atoms with E-state index in [2.05, 4.69) is 11.8 Å². The molecule has 2 atom stereocenters. The molecular formula is C15H30N2. The average molecular weight is 238 g/mol. The quantitative estimate of drug-likeness (QED) is 0.765. The van der Waals surface area contributed by atoms with Gasteiger partial charge in [-0.2, -0.15) is 0 Å². The van der Waals surface area contributed by atoms with Gasteiger partial charge < -0.3 is 5.73 Å². The van der Waals surface area contributed by atoms with Crippen molar-refractivity contribution >= 4 is 0 Å². The highest BCUT2D eigenvalue weighted by Gasteiger charge is 2.27. The van der Waals surface area contributed by atoms with Gasteiger partial charge in [-0.25, -0.2) is 0 Å². The number of nitrogens with zero attached hydrogens (tertiary/aromatic N) is 1. The predicted molar refractivity (Wildman–Crippen MR) is 74.1 cm³/mol. The molecule has 2 nitrogen and oxygen atoms in total. The van der Waals surface area contributed by atoms with E-state index in [-0.39, 0.29) is 0 Å². The Morgan fingerprint density at radius 2 is 1.65 bits per heavy atom. The first-order valence-electron chi connectivity index (χ1n) is 7.77. The van der Waals surface area contributed by atoms with Gasteiger partial charge in [-0.15, -0.1) is 0 Å². The van der Waals surface area contributed by atoms with Crippen molar-refractivity contribution in [2.45, 2.75) is 76.8 Å². The van der Waals surface area contributed by atoms with Crippen LogP contribution >= 0.6 is 0 Å². The van der Waals surface area contributed by atoms with Crippen LogP contribution in [0, 0.1) is 5.92 Å². The van der Waals surface area contributed by atoms with Crippen molar-refractivity contribution in [3.63, 3.8) is 0 Å². The molecule has 0 aromatic carbocycles. The standard InChI is InChI=1S/C15H30N2/c1-13(16)15-10-6-7-11-17(15)12-14-8-4-2-3-5-9-14/h13-15H,2-12,16H2,1H3. The summed E-state index contributed by atoms with van der Waals surface area (Å²) in [5.74, 6) is 0.955. The van der Waals surface area contributed by atoms with E-state index in [1.165, 1.54) is 70.9 Å². The Bertz CT molecular complexity index is 207. The molecular weight excluding hydrogens is 208 g/mol. The van der Waals surface area contributed by atoms with Crippen molar-refractivity contribution in [2.24, 2.45) is 11.7 Å². The molecule has 17 heavy (non-hydrogen) atoms. The second-order valence-electron chi connectivity index (χ2n) is 6.27. The minimum atomic E-state index is 0.348. The summed E-state index contributed by atoms with van der Waals surface area (Å²) in [5.41, 5.74) is 6.15. The van der Waals surface area contributed by atoms with Gasteiger partial charge in [-0.05, 0) is 45.1 Å². The van der Waals surface area contributed by atoms with E-state index in [1.54, 1.807) is 0 Å². The lowest BCUT2D eigenvalue weighted by Crippen LogP contribution is -2.50. The number of likely N-dealkylation sites (tertiary alicyclic amines) is 1. The van der Waals surface area contributed by atoms with Crippen LogP contribution in [0.2, 0.25) is 0 Å². The second-order valence-corrected chi connectivity index (χ2v) is 6.27. The van der Waals surface area contributed by atoms with Gasteiger partial charge in [-0.1, -0.05) is 32.1 Å². The molecule has 1 saturated heterocycles. The van der Waals surface area contributed by atoms with Crippen LogP contribution in [-0.4, -0.2) is 30.1 Å². The first-order chi connectivity index (χ1) is 8.27. The normalized spacial score (nSPS) is 31.1. The highest BCUT2D eigenvalue weighted by molar-refractivity contribution is 4.84. The Morgan fingerprint density at radius 3 is 2.29 bits per heavy atom. The fraction of sp³-hybridized carbons (Fsp3) is 1.00. The number of hydrogen-bond acceptors (Lipinski definition) is 2. The Hall–Kier alpha value is -0.0800. The van der Waals surface area contributed by atoms with Crippen LogP contribution in [-0.2, 0) is 0 Å². The summed E-state index contributed by atoms with van der Waals surface area (Å²) >= 11 is 0. The lowest BCUT2D eigenvalue weighted by molar-refractivity contribution is 0.106. The Morgan fingerprint density at radius 1 is 1.00 bits per heavy atom. The van der Waals surface area contributed by atoms with Crippen LogP contribution < -0.4 is 5.73 Å². The molecule has 2 fully saturated rings. The first kappa shape index (κ1) is 13.4. The molecule has 1 aliphatic heterocycles. The molecule has 1 aliphatic carbocycles. The first-order valence-corrected chi connectivity index (χ1v) is 7.77. The summed E-state index contributed by atoms with van der Waals surface area (Å²) in [5, 5.41) is 0. The third-order valence-corrected chi connectivity index (χ3v) is 4.74. The number of hydrogen-bond donors (Lipinski definition) is 1. The van der Waals surface area contributed by atoms with Gasteiger partial charge in [0.2, 0.25) is 0 Å². The molecule has 0 aromatic rings. The molecule has 0 spiro atoms. The summed E-state index contributed by atoms with van der Waals surface area (Å²) in [4.78, 5) is 2.71. The fourth-order valence-corrected chi connectivity index (χ4v) is 3.72. The van der Waals surface area contributed by atoms with Crippen molar-refractivity contribution < 1.29 is 0 Å². The van der Waals surface area contributed by atoms with Crippen molar-refractivity contribution in [3.05, 3.63) is 0 Å². The zero-order chi connectivity index (χ0) is 12.1.